The fraction of sp³-hybridized carbons (Fsp3) is 0.133. The monoisotopic (exact) mass is 267 g/mol. The molecule has 0 aliphatic carbocycles. The van der Waals surface area contributed by atoms with Crippen molar-refractivity contribution in [2.24, 2.45) is 0 Å². The molecular formula is C15H13N3O2. The third-order valence-corrected chi connectivity index (χ3v) is 2.99. The number of carbonyl (C=O) groups is 1. The van der Waals surface area contributed by atoms with E-state index in [-0.39, 0.29) is 5.91 Å². The van der Waals surface area contributed by atoms with Crippen molar-refractivity contribution in [3.05, 3.63) is 60.3 Å². The molecule has 2 heterocycles. The van der Waals surface area contributed by atoms with Crippen LogP contribution in [0.4, 0.5) is 0 Å². The maximum atomic E-state index is 12.3. The molecule has 3 rings (SSSR count). The van der Waals surface area contributed by atoms with Gasteiger partial charge in [-0.15, -0.1) is 0 Å². The van der Waals surface area contributed by atoms with Crippen LogP contribution in [-0.2, 0) is 6.54 Å². The number of para-hydroxylation sites is 2. The average molecular weight is 267 g/mol. The zero-order valence-corrected chi connectivity index (χ0v) is 11.0. The molecule has 1 aromatic carbocycles. The molecule has 5 heteroatoms. The number of benzene rings is 1. The quantitative estimate of drug-likeness (QED) is 0.731. The molecule has 0 saturated carbocycles. The lowest BCUT2D eigenvalue weighted by Gasteiger charge is -2.15. The Hall–Kier alpha value is -2.69. The number of hydrogen-bond donors (Lipinski definition) is 0. The number of amides is 1. The van der Waals surface area contributed by atoms with E-state index < -0.39 is 0 Å². The molecule has 0 radical (unpaired) electrons. The van der Waals surface area contributed by atoms with Crippen molar-refractivity contribution in [1.82, 2.24) is 14.9 Å². The molecule has 0 fully saturated rings. The molecule has 0 N–H and O–H groups in total. The Bertz CT molecular complexity index is 738. The number of nitrogens with zero attached hydrogens (tertiary/aromatic N) is 3. The van der Waals surface area contributed by atoms with Crippen molar-refractivity contribution < 1.29 is 9.21 Å². The molecule has 2 aromatic heterocycles. The first kappa shape index (κ1) is 12.3. The zero-order valence-electron chi connectivity index (χ0n) is 11.0. The zero-order chi connectivity index (χ0) is 13.9. The van der Waals surface area contributed by atoms with E-state index in [0.717, 1.165) is 11.3 Å². The van der Waals surface area contributed by atoms with Crippen LogP contribution in [0.5, 0.6) is 0 Å². The molecule has 0 saturated heterocycles. The Balaban J connectivity index is 1.84. The summed E-state index contributed by atoms with van der Waals surface area (Å²) in [7, 11) is 1.71. The first-order chi connectivity index (χ1) is 9.74. The highest BCUT2D eigenvalue weighted by Crippen LogP contribution is 2.11. The number of carbonyl (C=O) groups excluding carboxylic acids is 1. The first-order valence-corrected chi connectivity index (χ1v) is 6.23. The molecule has 20 heavy (non-hydrogen) atoms. The van der Waals surface area contributed by atoms with Gasteiger partial charge in [0.2, 0.25) is 0 Å². The first-order valence-electron chi connectivity index (χ1n) is 6.23. The van der Waals surface area contributed by atoms with Gasteiger partial charge in [0, 0.05) is 7.05 Å². The molecule has 0 bridgehead atoms. The van der Waals surface area contributed by atoms with Gasteiger partial charge >= 0.3 is 0 Å². The standard InChI is InChI=1S/C15H13N3O2/c1-18(10-11-5-4-8-20-11)15(19)14-9-16-12-6-2-3-7-13(12)17-14/h2-9H,10H2,1H3. The van der Waals surface area contributed by atoms with Gasteiger partial charge < -0.3 is 9.32 Å². The van der Waals surface area contributed by atoms with Gasteiger partial charge in [-0.3, -0.25) is 9.78 Å². The summed E-state index contributed by atoms with van der Waals surface area (Å²) in [5, 5.41) is 0. The normalized spacial score (nSPS) is 10.7. The maximum Gasteiger partial charge on any atom is 0.274 e. The lowest BCUT2D eigenvalue weighted by atomic mass is 10.3. The highest BCUT2D eigenvalue weighted by Gasteiger charge is 2.15. The van der Waals surface area contributed by atoms with Crippen molar-refractivity contribution in [1.29, 1.82) is 0 Å². The molecular weight excluding hydrogens is 254 g/mol. The Kier molecular flexibility index (Phi) is 3.16. The number of hydrogen-bond acceptors (Lipinski definition) is 4. The van der Waals surface area contributed by atoms with Crippen LogP contribution in [0.25, 0.3) is 11.0 Å². The van der Waals surface area contributed by atoms with Gasteiger partial charge in [0.15, 0.2) is 0 Å². The summed E-state index contributed by atoms with van der Waals surface area (Å²) in [5.41, 5.74) is 1.82. The summed E-state index contributed by atoms with van der Waals surface area (Å²) in [6, 6.07) is 11.1. The van der Waals surface area contributed by atoms with E-state index in [2.05, 4.69) is 9.97 Å². The predicted octanol–water partition coefficient (Wildman–Crippen LogP) is 2.50. The van der Waals surface area contributed by atoms with E-state index in [0.29, 0.717) is 17.8 Å². The van der Waals surface area contributed by atoms with Crippen LogP contribution in [-0.4, -0.2) is 27.8 Å². The van der Waals surface area contributed by atoms with Crippen LogP contribution >= 0.6 is 0 Å². The van der Waals surface area contributed by atoms with Gasteiger partial charge in [0.25, 0.3) is 5.91 Å². The number of rotatable bonds is 3. The third-order valence-electron chi connectivity index (χ3n) is 2.99. The molecule has 1 amide bonds. The lowest BCUT2D eigenvalue weighted by Crippen LogP contribution is -2.27. The smallest absolute Gasteiger partial charge is 0.274 e. The van der Waals surface area contributed by atoms with Crippen LogP contribution < -0.4 is 0 Å². The van der Waals surface area contributed by atoms with E-state index in [1.807, 2.05) is 30.3 Å². The molecule has 0 aliphatic rings. The van der Waals surface area contributed by atoms with Crippen molar-refractivity contribution in [2.45, 2.75) is 6.54 Å². The summed E-state index contributed by atoms with van der Waals surface area (Å²) in [4.78, 5) is 22.4. The Morgan fingerprint density at radius 3 is 2.75 bits per heavy atom. The van der Waals surface area contributed by atoms with E-state index in [9.17, 15) is 4.79 Å². The molecule has 0 unspecified atom stereocenters. The average Bonchev–Trinajstić information content (AvgIpc) is 2.99. The van der Waals surface area contributed by atoms with Crippen molar-refractivity contribution in [3.63, 3.8) is 0 Å². The Morgan fingerprint density at radius 2 is 2.00 bits per heavy atom. The van der Waals surface area contributed by atoms with Gasteiger partial charge in [-0.05, 0) is 24.3 Å². The molecule has 0 atom stereocenters. The minimum Gasteiger partial charge on any atom is -0.467 e. The maximum absolute atomic E-state index is 12.3. The largest absolute Gasteiger partial charge is 0.467 e. The SMILES string of the molecule is CN(Cc1ccco1)C(=O)c1cnc2ccccc2n1. The van der Waals surface area contributed by atoms with Gasteiger partial charge in [0.1, 0.15) is 11.5 Å². The second kappa shape index (κ2) is 5.13. The van der Waals surface area contributed by atoms with Crippen molar-refractivity contribution >= 4 is 16.9 Å². The Labute approximate surface area is 115 Å². The van der Waals surface area contributed by atoms with Crippen LogP contribution in [0, 0.1) is 0 Å². The number of fused-ring (bicyclic) bond motifs is 1. The summed E-state index contributed by atoms with van der Waals surface area (Å²) in [6.45, 7) is 0.403. The van der Waals surface area contributed by atoms with E-state index in [1.54, 1.807) is 24.3 Å². The number of aromatic nitrogens is 2. The lowest BCUT2D eigenvalue weighted by molar-refractivity contribution is 0.0769. The summed E-state index contributed by atoms with van der Waals surface area (Å²) < 4.78 is 5.23. The second-order valence-corrected chi connectivity index (χ2v) is 4.48. The molecule has 5 nitrogen and oxygen atoms in total. The van der Waals surface area contributed by atoms with Gasteiger partial charge in [-0.2, -0.15) is 0 Å². The highest BCUT2D eigenvalue weighted by atomic mass is 16.3. The minimum atomic E-state index is -0.181. The summed E-state index contributed by atoms with van der Waals surface area (Å²) in [5.74, 6) is 0.550. The van der Waals surface area contributed by atoms with Crippen molar-refractivity contribution in [2.75, 3.05) is 7.05 Å². The van der Waals surface area contributed by atoms with Gasteiger partial charge in [0.05, 0.1) is 30.0 Å². The van der Waals surface area contributed by atoms with E-state index in [1.165, 1.54) is 6.20 Å². The van der Waals surface area contributed by atoms with Crippen LogP contribution in [0.15, 0.2) is 53.3 Å². The second-order valence-electron chi connectivity index (χ2n) is 4.48. The summed E-state index contributed by atoms with van der Waals surface area (Å²) >= 11 is 0. The fourth-order valence-corrected chi connectivity index (χ4v) is 1.96. The van der Waals surface area contributed by atoms with Crippen LogP contribution in [0.2, 0.25) is 0 Å². The molecule has 3 aromatic rings. The fourth-order valence-electron chi connectivity index (χ4n) is 1.96. The third kappa shape index (κ3) is 2.38. The van der Waals surface area contributed by atoms with E-state index >= 15 is 0 Å². The van der Waals surface area contributed by atoms with Crippen molar-refractivity contribution in [3.8, 4) is 0 Å². The highest BCUT2D eigenvalue weighted by molar-refractivity contribution is 5.93. The van der Waals surface area contributed by atoms with Crippen LogP contribution in [0.1, 0.15) is 16.2 Å². The number of furan rings is 1. The topological polar surface area (TPSA) is 59.2 Å². The molecule has 0 aliphatic heterocycles. The molecule has 100 valence electrons. The Morgan fingerprint density at radius 1 is 1.20 bits per heavy atom. The minimum absolute atomic E-state index is 0.181. The summed E-state index contributed by atoms with van der Waals surface area (Å²) in [6.07, 6.45) is 3.09. The van der Waals surface area contributed by atoms with Crippen LogP contribution in [0.3, 0.4) is 0 Å². The van der Waals surface area contributed by atoms with Gasteiger partial charge in [-0.1, -0.05) is 12.1 Å². The van der Waals surface area contributed by atoms with E-state index in [4.69, 9.17) is 4.42 Å². The molecule has 0 spiro atoms. The predicted molar refractivity (Wildman–Crippen MR) is 74.0 cm³/mol. The van der Waals surface area contributed by atoms with Gasteiger partial charge in [-0.25, -0.2) is 4.98 Å².